The van der Waals surface area contributed by atoms with Gasteiger partial charge >= 0.3 is 6.18 Å². The molecule has 0 nitrogen and oxygen atoms in total. The molecule has 0 saturated heterocycles. The summed E-state index contributed by atoms with van der Waals surface area (Å²) in [6, 6.07) is 4.08. The number of halogens is 3. The van der Waals surface area contributed by atoms with Crippen LogP contribution < -0.4 is 0 Å². The number of fused-ring (bicyclic) bond motifs is 1. The van der Waals surface area contributed by atoms with Crippen LogP contribution in [-0.4, -0.2) is 0 Å². The van der Waals surface area contributed by atoms with Gasteiger partial charge in [0.15, 0.2) is 0 Å². The number of hydrogen-bond acceptors (Lipinski definition) is 0. The third-order valence-corrected chi connectivity index (χ3v) is 3.65. The lowest BCUT2D eigenvalue weighted by Crippen LogP contribution is -2.29. The predicted molar refractivity (Wildman–Crippen MR) is 66.6 cm³/mol. The minimum Gasteiger partial charge on any atom is -0.166 e. The van der Waals surface area contributed by atoms with Crippen molar-refractivity contribution in [1.82, 2.24) is 0 Å². The molecule has 0 atom stereocenters. The zero-order valence-electron chi connectivity index (χ0n) is 11.0. The second-order valence-electron chi connectivity index (χ2n) is 6.03. The van der Waals surface area contributed by atoms with E-state index in [0.717, 1.165) is 11.1 Å². The van der Waals surface area contributed by atoms with Crippen molar-refractivity contribution >= 4 is 0 Å². The molecule has 0 N–H and O–H groups in total. The molecule has 0 unspecified atom stereocenters. The zero-order chi connectivity index (χ0) is 13.8. The fourth-order valence-corrected chi connectivity index (χ4v) is 2.41. The average Bonchev–Trinajstić information content (AvgIpc) is 2.23. The van der Waals surface area contributed by atoms with Crippen molar-refractivity contribution in [3.8, 4) is 0 Å². The maximum atomic E-state index is 12.8. The van der Waals surface area contributed by atoms with E-state index in [1.807, 2.05) is 33.8 Å². The van der Waals surface area contributed by atoms with E-state index in [-0.39, 0.29) is 10.8 Å². The second kappa shape index (κ2) is 3.62. The monoisotopic (exact) mass is 254 g/mol. The fraction of sp³-hybridized carbons (Fsp3) is 0.467. The Morgan fingerprint density at radius 1 is 0.833 bits per heavy atom. The third kappa shape index (κ3) is 2.06. The lowest BCUT2D eigenvalue weighted by Gasteiger charge is -2.37. The highest BCUT2D eigenvalue weighted by atomic mass is 19.4. The average molecular weight is 254 g/mol. The van der Waals surface area contributed by atoms with Crippen LogP contribution in [0.25, 0.3) is 0 Å². The Balaban J connectivity index is 2.66. The molecule has 0 spiro atoms. The van der Waals surface area contributed by atoms with Gasteiger partial charge in [-0.2, -0.15) is 13.2 Å². The first-order valence-corrected chi connectivity index (χ1v) is 5.97. The van der Waals surface area contributed by atoms with E-state index in [2.05, 4.69) is 6.08 Å². The molecular formula is C15H17F3. The van der Waals surface area contributed by atoms with Gasteiger partial charge in [-0.25, -0.2) is 0 Å². The molecule has 18 heavy (non-hydrogen) atoms. The Bertz CT molecular complexity index is 505. The molecular weight excluding hydrogens is 237 g/mol. The van der Waals surface area contributed by atoms with Crippen molar-refractivity contribution in [2.45, 2.75) is 44.7 Å². The molecule has 0 radical (unpaired) electrons. The van der Waals surface area contributed by atoms with Gasteiger partial charge < -0.3 is 0 Å². The Hall–Kier alpha value is -1.25. The van der Waals surface area contributed by atoms with Crippen LogP contribution in [0.3, 0.4) is 0 Å². The topological polar surface area (TPSA) is 0 Å². The maximum absolute atomic E-state index is 12.8. The van der Waals surface area contributed by atoms with Crippen molar-refractivity contribution in [3.05, 3.63) is 47.0 Å². The fourth-order valence-electron chi connectivity index (χ4n) is 2.41. The predicted octanol–water partition coefficient (Wildman–Crippen LogP) is 4.83. The van der Waals surface area contributed by atoms with Gasteiger partial charge in [0.1, 0.15) is 0 Å². The normalized spacial score (nSPS) is 20.6. The standard InChI is InChI=1S/C15H17F3/c1-13(2)7-8-14(3,4)12-9-10(15(16,17)18)5-6-11(12)13/h5-9H,1-4H3. The summed E-state index contributed by atoms with van der Waals surface area (Å²) in [7, 11) is 0. The van der Waals surface area contributed by atoms with Crippen LogP contribution >= 0.6 is 0 Å². The van der Waals surface area contributed by atoms with E-state index < -0.39 is 11.7 Å². The first-order chi connectivity index (χ1) is 8.04. The molecule has 0 bridgehead atoms. The molecule has 0 saturated carbocycles. The van der Waals surface area contributed by atoms with Gasteiger partial charge in [-0.15, -0.1) is 0 Å². The van der Waals surface area contributed by atoms with Gasteiger partial charge in [-0.05, 0) is 23.3 Å². The lowest BCUT2D eigenvalue weighted by molar-refractivity contribution is -0.137. The largest absolute Gasteiger partial charge is 0.416 e. The zero-order valence-corrected chi connectivity index (χ0v) is 11.0. The molecule has 1 aliphatic carbocycles. The summed E-state index contributed by atoms with van der Waals surface area (Å²) in [4.78, 5) is 0. The minimum absolute atomic E-state index is 0.213. The third-order valence-electron chi connectivity index (χ3n) is 3.65. The van der Waals surface area contributed by atoms with Crippen LogP contribution in [0.4, 0.5) is 13.2 Å². The summed E-state index contributed by atoms with van der Waals surface area (Å²) in [6.07, 6.45) is -0.214. The molecule has 1 aromatic rings. The SMILES string of the molecule is CC1(C)C=CC(C)(C)c2cc(C(F)(F)F)ccc21. The van der Waals surface area contributed by atoms with Gasteiger partial charge in [-0.1, -0.05) is 45.9 Å². The summed E-state index contributed by atoms with van der Waals surface area (Å²) in [5, 5.41) is 0. The van der Waals surface area contributed by atoms with Crippen molar-refractivity contribution in [1.29, 1.82) is 0 Å². The van der Waals surface area contributed by atoms with Crippen LogP contribution in [0.5, 0.6) is 0 Å². The number of hydrogen-bond donors (Lipinski definition) is 0. The van der Waals surface area contributed by atoms with E-state index in [1.54, 1.807) is 6.07 Å². The Morgan fingerprint density at radius 3 is 1.83 bits per heavy atom. The number of rotatable bonds is 0. The highest BCUT2D eigenvalue weighted by molar-refractivity contribution is 5.49. The van der Waals surface area contributed by atoms with Crippen molar-refractivity contribution in [2.24, 2.45) is 0 Å². The summed E-state index contributed by atoms with van der Waals surface area (Å²) in [5.74, 6) is 0. The van der Waals surface area contributed by atoms with E-state index in [1.165, 1.54) is 12.1 Å². The first-order valence-electron chi connectivity index (χ1n) is 5.97. The van der Waals surface area contributed by atoms with Gasteiger partial charge in [-0.3, -0.25) is 0 Å². The van der Waals surface area contributed by atoms with Gasteiger partial charge in [0.25, 0.3) is 0 Å². The molecule has 1 aromatic carbocycles. The molecule has 0 heterocycles. The van der Waals surface area contributed by atoms with E-state index in [4.69, 9.17) is 0 Å². The Kier molecular flexibility index (Phi) is 2.66. The summed E-state index contributed by atoms with van der Waals surface area (Å²) < 4.78 is 38.4. The second-order valence-corrected chi connectivity index (χ2v) is 6.03. The quantitative estimate of drug-likeness (QED) is 0.582. The van der Waals surface area contributed by atoms with E-state index in [0.29, 0.717) is 0 Å². The number of allylic oxidation sites excluding steroid dienone is 2. The van der Waals surface area contributed by atoms with Crippen LogP contribution in [-0.2, 0) is 17.0 Å². The number of alkyl halides is 3. The molecule has 1 aliphatic rings. The summed E-state index contributed by atoms with van der Waals surface area (Å²) >= 11 is 0. The number of benzene rings is 1. The van der Waals surface area contributed by atoms with Gasteiger partial charge in [0.05, 0.1) is 5.56 Å². The molecule has 2 rings (SSSR count). The minimum atomic E-state index is -4.28. The summed E-state index contributed by atoms with van der Waals surface area (Å²) in [6.45, 7) is 7.92. The van der Waals surface area contributed by atoms with Gasteiger partial charge in [0, 0.05) is 10.8 Å². The summed E-state index contributed by atoms with van der Waals surface area (Å²) in [5.41, 5.74) is 0.606. The van der Waals surface area contributed by atoms with Crippen LogP contribution in [0.15, 0.2) is 30.4 Å². The molecule has 98 valence electrons. The molecule has 0 aliphatic heterocycles. The molecule has 0 fully saturated rings. The van der Waals surface area contributed by atoms with Crippen LogP contribution in [0, 0.1) is 0 Å². The molecule has 0 aromatic heterocycles. The maximum Gasteiger partial charge on any atom is 0.416 e. The van der Waals surface area contributed by atoms with E-state index in [9.17, 15) is 13.2 Å². The lowest BCUT2D eigenvalue weighted by atomic mass is 9.68. The highest BCUT2D eigenvalue weighted by Crippen LogP contribution is 2.43. The van der Waals surface area contributed by atoms with Crippen LogP contribution in [0.1, 0.15) is 44.4 Å². The highest BCUT2D eigenvalue weighted by Gasteiger charge is 2.37. The van der Waals surface area contributed by atoms with Crippen molar-refractivity contribution in [3.63, 3.8) is 0 Å². The van der Waals surface area contributed by atoms with Gasteiger partial charge in [0.2, 0.25) is 0 Å². The van der Waals surface area contributed by atoms with E-state index >= 15 is 0 Å². The van der Waals surface area contributed by atoms with Crippen molar-refractivity contribution in [2.75, 3.05) is 0 Å². The Morgan fingerprint density at radius 2 is 1.33 bits per heavy atom. The Labute approximate surface area is 106 Å². The van der Waals surface area contributed by atoms with Crippen molar-refractivity contribution < 1.29 is 13.2 Å². The smallest absolute Gasteiger partial charge is 0.166 e. The molecule has 3 heteroatoms. The first kappa shape index (κ1) is 13.2. The van der Waals surface area contributed by atoms with Crippen LogP contribution in [0.2, 0.25) is 0 Å². The molecule has 0 amide bonds.